The molecule has 0 unspecified atom stereocenters. The second-order valence-corrected chi connectivity index (χ2v) is 11.9. The number of amides is 1. The maximum Gasteiger partial charge on any atom is 0.404 e. The zero-order valence-electron chi connectivity index (χ0n) is 25.4. The summed E-state index contributed by atoms with van der Waals surface area (Å²) in [6.45, 7) is 7.25. The number of methoxy groups -OCH3 is 1. The Morgan fingerprint density at radius 3 is 2.58 bits per heavy atom. The first kappa shape index (κ1) is 33.0. The first-order chi connectivity index (χ1) is 20.8. The molecule has 4 rings (SSSR count). The van der Waals surface area contributed by atoms with Gasteiger partial charge < -0.3 is 25.6 Å². The Morgan fingerprint density at radius 2 is 1.84 bits per heavy atom. The molecule has 3 aromatic rings. The molecule has 1 saturated heterocycles. The van der Waals surface area contributed by atoms with Gasteiger partial charge >= 0.3 is 6.09 Å². The number of piperidine rings is 1. The third-order valence-corrected chi connectivity index (χ3v) is 8.85. The minimum Gasteiger partial charge on any atom is -0.465 e. The lowest BCUT2D eigenvalue weighted by molar-refractivity contribution is -0.0616. The number of likely N-dealkylation sites (tertiary alicyclic amines) is 1. The number of ether oxygens (including phenoxy) is 1. The third-order valence-electron chi connectivity index (χ3n) is 8.54. The number of aryl methyl sites for hydroxylation is 1. The Morgan fingerprint density at radius 1 is 1.07 bits per heavy atom. The van der Waals surface area contributed by atoms with Crippen molar-refractivity contribution in [3.05, 3.63) is 94.0 Å². The summed E-state index contributed by atoms with van der Waals surface area (Å²) in [5.74, 6) is -0.0399. The number of hydrogen-bond donors (Lipinski definition) is 4. The highest BCUT2D eigenvalue weighted by Gasteiger charge is 2.42. The fraction of sp³-hybridized carbons (Fsp3) is 0.457. The molecule has 0 saturated carbocycles. The van der Waals surface area contributed by atoms with E-state index < -0.39 is 11.7 Å². The topological polar surface area (TPSA) is 94.1 Å². The summed E-state index contributed by atoms with van der Waals surface area (Å²) in [6.07, 6.45) is 2.65. The summed E-state index contributed by atoms with van der Waals surface area (Å²) in [6, 6.07) is 22.9. The van der Waals surface area contributed by atoms with E-state index in [9.17, 15) is 9.90 Å². The fourth-order valence-corrected chi connectivity index (χ4v) is 6.54. The van der Waals surface area contributed by atoms with Crippen LogP contribution < -0.4 is 10.6 Å². The van der Waals surface area contributed by atoms with E-state index in [0.29, 0.717) is 24.5 Å². The smallest absolute Gasteiger partial charge is 0.404 e. The van der Waals surface area contributed by atoms with Gasteiger partial charge in [0, 0.05) is 56.3 Å². The number of nitrogens with zero attached hydrogens (tertiary/aromatic N) is 1. The highest BCUT2D eigenvalue weighted by molar-refractivity contribution is 6.33. The molecule has 232 valence electrons. The maximum absolute atomic E-state index is 12.7. The number of halogens is 1. The van der Waals surface area contributed by atoms with Crippen LogP contribution in [0, 0.1) is 5.92 Å². The molecule has 0 aromatic heterocycles. The molecule has 4 N–H and O–H groups in total. The highest BCUT2D eigenvalue weighted by atomic mass is 35.5. The van der Waals surface area contributed by atoms with Crippen LogP contribution in [0.2, 0.25) is 5.02 Å². The third kappa shape index (κ3) is 9.03. The van der Waals surface area contributed by atoms with Gasteiger partial charge in [-0.1, -0.05) is 79.2 Å². The van der Waals surface area contributed by atoms with E-state index in [1.807, 2.05) is 24.3 Å². The van der Waals surface area contributed by atoms with Gasteiger partial charge in [0.2, 0.25) is 0 Å². The van der Waals surface area contributed by atoms with Crippen molar-refractivity contribution >= 4 is 17.7 Å². The average Bonchev–Trinajstić information content (AvgIpc) is 3.02. The van der Waals surface area contributed by atoms with E-state index in [2.05, 4.69) is 64.9 Å². The fourth-order valence-electron chi connectivity index (χ4n) is 6.25. The molecule has 1 aliphatic heterocycles. The van der Waals surface area contributed by atoms with Crippen molar-refractivity contribution in [1.29, 1.82) is 0 Å². The first-order valence-corrected chi connectivity index (χ1v) is 15.8. The standard InChI is InChI=1S/C35H46ClN3O4/c1-3-26-8-4-9-29(22-26)33-31(11-5-12-32(33)36)35(42,17-7-18-38-34(40)41)30-10-6-20-39(25-30)24-28-15-13-27(14-16-28)23-37-19-21-43-2/h4-5,8-9,11-16,22,30,37-38,42H,3,6-7,10,17-21,23-25H2,1-2H3,(H,40,41)/t30-,35+/m1/s1. The largest absolute Gasteiger partial charge is 0.465 e. The number of rotatable bonds is 15. The molecule has 0 bridgehead atoms. The number of aliphatic hydroxyl groups is 1. The molecule has 0 radical (unpaired) electrons. The molecule has 8 heteroatoms. The summed E-state index contributed by atoms with van der Waals surface area (Å²) in [4.78, 5) is 13.6. The zero-order valence-corrected chi connectivity index (χ0v) is 26.2. The van der Waals surface area contributed by atoms with Gasteiger partial charge in [0.1, 0.15) is 0 Å². The van der Waals surface area contributed by atoms with Crippen LogP contribution in [0.1, 0.15) is 54.9 Å². The van der Waals surface area contributed by atoms with Crippen molar-refractivity contribution in [3.8, 4) is 11.1 Å². The van der Waals surface area contributed by atoms with Crippen LogP contribution in [0.5, 0.6) is 0 Å². The summed E-state index contributed by atoms with van der Waals surface area (Å²) in [7, 11) is 1.71. The van der Waals surface area contributed by atoms with Gasteiger partial charge in [0.05, 0.1) is 12.2 Å². The van der Waals surface area contributed by atoms with E-state index in [1.165, 1.54) is 16.7 Å². The van der Waals surface area contributed by atoms with Crippen molar-refractivity contribution in [2.24, 2.45) is 5.92 Å². The minimum absolute atomic E-state index is 0.0399. The quantitative estimate of drug-likeness (QED) is 0.148. The molecule has 1 aliphatic rings. The van der Waals surface area contributed by atoms with Crippen LogP contribution in [0.25, 0.3) is 11.1 Å². The number of hydrogen-bond acceptors (Lipinski definition) is 5. The van der Waals surface area contributed by atoms with Crippen LogP contribution in [0.3, 0.4) is 0 Å². The Balaban J connectivity index is 1.58. The van der Waals surface area contributed by atoms with Gasteiger partial charge in [-0.3, -0.25) is 4.90 Å². The normalized spacial score (nSPS) is 17.0. The average molecular weight is 608 g/mol. The number of carboxylic acid groups (broad SMARTS) is 1. The van der Waals surface area contributed by atoms with E-state index in [0.717, 1.165) is 68.7 Å². The monoisotopic (exact) mass is 607 g/mol. The second kappa shape index (κ2) is 16.2. The van der Waals surface area contributed by atoms with Crippen molar-refractivity contribution in [1.82, 2.24) is 15.5 Å². The molecule has 0 spiro atoms. The van der Waals surface area contributed by atoms with Gasteiger partial charge in [-0.2, -0.15) is 0 Å². The lowest BCUT2D eigenvalue weighted by Gasteiger charge is -2.44. The molecule has 2 atom stereocenters. The van der Waals surface area contributed by atoms with Gasteiger partial charge in [-0.15, -0.1) is 0 Å². The maximum atomic E-state index is 12.7. The summed E-state index contributed by atoms with van der Waals surface area (Å²) < 4.78 is 5.11. The van der Waals surface area contributed by atoms with Crippen molar-refractivity contribution < 1.29 is 19.7 Å². The minimum atomic E-state index is -1.18. The van der Waals surface area contributed by atoms with Crippen molar-refractivity contribution in [2.45, 2.75) is 57.7 Å². The predicted octanol–water partition coefficient (Wildman–Crippen LogP) is 6.45. The van der Waals surface area contributed by atoms with E-state index >= 15 is 0 Å². The molecule has 1 amide bonds. The Labute approximate surface area is 261 Å². The lowest BCUT2D eigenvalue weighted by Crippen LogP contribution is -2.46. The molecule has 43 heavy (non-hydrogen) atoms. The second-order valence-electron chi connectivity index (χ2n) is 11.5. The summed E-state index contributed by atoms with van der Waals surface area (Å²) in [5.41, 5.74) is 5.18. The van der Waals surface area contributed by atoms with Gasteiger partial charge in [0.15, 0.2) is 0 Å². The van der Waals surface area contributed by atoms with Crippen LogP contribution in [-0.4, -0.2) is 61.1 Å². The molecule has 1 fully saturated rings. The molecular weight excluding hydrogens is 562 g/mol. The van der Waals surface area contributed by atoms with E-state index in [1.54, 1.807) is 7.11 Å². The van der Waals surface area contributed by atoms with Crippen LogP contribution >= 0.6 is 11.6 Å². The SMILES string of the molecule is CCc1cccc(-c2c(Cl)cccc2[C@](O)(CCCNC(=O)O)[C@@H]2CCCN(Cc3ccc(CNCCOC)cc3)C2)c1. The Kier molecular flexibility index (Phi) is 12.4. The summed E-state index contributed by atoms with van der Waals surface area (Å²) in [5, 5.41) is 28.3. The van der Waals surface area contributed by atoms with Crippen LogP contribution in [0.4, 0.5) is 4.79 Å². The number of benzene rings is 3. The zero-order chi connectivity index (χ0) is 30.7. The van der Waals surface area contributed by atoms with E-state index in [-0.39, 0.29) is 12.5 Å². The van der Waals surface area contributed by atoms with Crippen LogP contribution in [0.15, 0.2) is 66.7 Å². The molecule has 3 aromatic carbocycles. The van der Waals surface area contributed by atoms with Crippen molar-refractivity contribution in [2.75, 3.05) is 39.9 Å². The molecule has 0 aliphatic carbocycles. The van der Waals surface area contributed by atoms with E-state index in [4.69, 9.17) is 21.4 Å². The highest BCUT2D eigenvalue weighted by Crippen LogP contribution is 2.45. The molecule has 7 nitrogen and oxygen atoms in total. The first-order valence-electron chi connectivity index (χ1n) is 15.4. The number of carbonyl (C=O) groups is 1. The Bertz CT molecular complexity index is 1320. The number of nitrogens with one attached hydrogen (secondary N) is 2. The Hall–Kier alpha value is -2.94. The van der Waals surface area contributed by atoms with Crippen LogP contribution in [-0.2, 0) is 29.8 Å². The van der Waals surface area contributed by atoms with Gasteiger partial charge in [0.25, 0.3) is 0 Å². The molecule has 1 heterocycles. The predicted molar refractivity (Wildman–Crippen MR) is 173 cm³/mol. The summed E-state index contributed by atoms with van der Waals surface area (Å²) >= 11 is 6.88. The van der Waals surface area contributed by atoms with Gasteiger partial charge in [-0.25, -0.2) is 4.79 Å². The lowest BCUT2D eigenvalue weighted by atomic mass is 9.72. The van der Waals surface area contributed by atoms with Gasteiger partial charge in [-0.05, 0) is 72.5 Å². The van der Waals surface area contributed by atoms with Crippen molar-refractivity contribution in [3.63, 3.8) is 0 Å². The molecular formula is C35H46ClN3O4.